The van der Waals surface area contributed by atoms with Gasteiger partial charge in [-0.25, -0.2) is 4.98 Å². The summed E-state index contributed by atoms with van der Waals surface area (Å²) in [6.45, 7) is 2.69. The molecule has 2 aliphatic heterocycles. The van der Waals surface area contributed by atoms with Crippen LogP contribution in [0.1, 0.15) is 19.0 Å². The number of piperidine rings is 1. The zero-order valence-corrected chi connectivity index (χ0v) is 15.1. The average Bonchev–Trinajstić information content (AvgIpc) is 3.02. The van der Waals surface area contributed by atoms with E-state index in [1.54, 1.807) is 11.8 Å². The molecule has 4 rings (SSSR count). The standard InChI is InChI=1S/C16H18ClF3N4O3/c1-6-10(25)5-24(6)15-21-13(16(18,19)20)12(17)14(22-15)23-3-8-7(2-11(26)27)9(8)4-23/h6-10,25H,2-5H2,1H3,(H,26,27)/t6-,7?,8?,9?,10+/m0/s1. The van der Waals surface area contributed by atoms with Crippen LogP contribution in [0.2, 0.25) is 5.02 Å². The predicted octanol–water partition coefficient (Wildman–Crippen LogP) is 1.88. The van der Waals surface area contributed by atoms with Crippen molar-refractivity contribution in [1.82, 2.24) is 9.97 Å². The molecule has 1 aliphatic carbocycles. The number of aromatic nitrogens is 2. The maximum absolute atomic E-state index is 13.4. The van der Waals surface area contributed by atoms with Crippen molar-refractivity contribution in [3.8, 4) is 0 Å². The quantitative estimate of drug-likeness (QED) is 0.789. The summed E-state index contributed by atoms with van der Waals surface area (Å²) >= 11 is 6.01. The van der Waals surface area contributed by atoms with Gasteiger partial charge in [-0.15, -0.1) is 0 Å². The Morgan fingerprint density at radius 1 is 1.26 bits per heavy atom. The molecule has 0 bridgehead atoms. The molecule has 2 saturated heterocycles. The maximum Gasteiger partial charge on any atom is 0.435 e. The number of hydrogen-bond acceptors (Lipinski definition) is 6. The largest absolute Gasteiger partial charge is 0.481 e. The first-order valence-electron chi connectivity index (χ1n) is 8.64. The van der Waals surface area contributed by atoms with E-state index in [1.165, 1.54) is 4.90 Å². The van der Waals surface area contributed by atoms with Gasteiger partial charge in [-0.05, 0) is 24.7 Å². The fraction of sp³-hybridized carbons (Fsp3) is 0.688. The van der Waals surface area contributed by atoms with E-state index in [1.807, 2.05) is 0 Å². The lowest BCUT2D eigenvalue weighted by molar-refractivity contribution is -0.141. The van der Waals surface area contributed by atoms with E-state index < -0.39 is 29.0 Å². The highest BCUT2D eigenvalue weighted by Gasteiger charge is 2.57. The van der Waals surface area contributed by atoms with E-state index in [4.69, 9.17) is 16.7 Å². The molecule has 1 saturated carbocycles. The molecule has 148 valence electrons. The minimum atomic E-state index is -4.73. The van der Waals surface area contributed by atoms with Crippen molar-refractivity contribution in [2.75, 3.05) is 29.4 Å². The van der Waals surface area contributed by atoms with Crippen LogP contribution in [0.3, 0.4) is 0 Å². The van der Waals surface area contributed by atoms with Crippen LogP contribution in [-0.2, 0) is 11.0 Å². The fourth-order valence-corrected chi connectivity index (χ4v) is 4.44. The van der Waals surface area contributed by atoms with Gasteiger partial charge in [-0.2, -0.15) is 18.2 Å². The third kappa shape index (κ3) is 3.08. The van der Waals surface area contributed by atoms with Crippen LogP contribution in [0.5, 0.6) is 0 Å². The van der Waals surface area contributed by atoms with Crippen LogP contribution >= 0.6 is 11.6 Å². The number of anilines is 2. The van der Waals surface area contributed by atoms with Crippen molar-refractivity contribution in [2.24, 2.45) is 17.8 Å². The number of halogens is 4. The van der Waals surface area contributed by atoms with Crippen molar-refractivity contribution >= 4 is 29.3 Å². The molecule has 4 atom stereocenters. The molecular formula is C16H18ClF3N4O3. The molecule has 2 N–H and O–H groups in total. The molecule has 0 aromatic carbocycles. The Morgan fingerprint density at radius 3 is 2.37 bits per heavy atom. The molecular weight excluding hydrogens is 389 g/mol. The Hall–Kier alpha value is -1.81. The molecule has 1 aromatic heterocycles. The van der Waals surface area contributed by atoms with Crippen molar-refractivity contribution in [2.45, 2.75) is 31.7 Å². The number of nitrogens with zero attached hydrogens (tertiary/aromatic N) is 4. The highest BCUT2D eigenvalue weighted by atomic mass is 35.5. The fourth-order valence-electron chi connectivity index (χ4n) is 4.13. The van der Waals surface area contributed by atoms with E-state index in [0.717, 1.165) is 0 Å². The third-order valence-electron chi connectivity index (χ3n) is 5.86. The SMILES string of the molecule is C[C@H]1[C@H](O)CN1c1nc(N2CC3C(CC(=O)O)C3C2)c(Cl)c(C(F)(F)F)n1. The summed E-state index contributed by atoms with van der Waals surface area (Å²) < 4.78 is 40.3. The monoisotopic (exact) mass is 406 g/mol. The zero-order valence-electron chi connectivity index (χ0n) is 14.3. The number of rotatable bonds is 4. The summed E-state index contributed by atoms with van der Waals surface area (Å²) in [5, 5.41) is 18.0. The van der Waals surface area contributed by atoms with Gasteiger partial charge < -0.3 is 20.0 Å². The molecule has 11 heteroatoms. The van der Waals surface area contributed by atoms with Gasteiger partial charge in [0.25, 0.3) is 0 Å². The Balaban J connectivity index is 1.62. The van der Waals surface area contributed by atoms with Gasteiger partial charge in [-0.1, -0.05) is 11.6 Å². The summed E-state index contributed by atoms with van der Waals surface area (Å²) in [6, 6.07) is -0.382. The third-order valence-corrected chi connectivity index (χ3v) is 6.21. The van der Waals surface area contributed by atoms with Crippen molar-refractivity contribution < 1.29 is 28.2 Å². The van der Waals surface area contributed by atoms with Crippen LogP contribution in [0.25, 0.3) is 0 Å². The zero-order chi connectivity index (χ0) is 19.7. The second-order valence-electron chi connectivity index (χ2n) is 7.46. The van der Waals surface area contributed by atoms with E-state index in [2.05, 4.69) is 9.97 Å². The molecule has 3 aliphatic rings. The first-order valence-corrected chi connectivity index (χ1v) is 9.02. The van der Waals surface area contributed by atoms with Crippen molar-refractivity contribution in [3.63, 3.8) is 0 Å². The second-order valence-corrected chi connectivity index (χ2v) is 7.84. The maximum atomic E-state index is 13.4. The van der Waals surface area contributed by atoms with Crippen LogP contribution in [0.4, 0.5) is 24.9 Å². The number of fused-ring (bicyclic) bond motifs is 1. The Labute approximate surface area is 157 Å². The number of alkyl halides is 3. The normalized spacial score (nSPS) is 32.3. The Kier molecular flexibility index (Phi) is 4.19. The van der Waals surface area contributed by atoms with Crippen LogP contribution in [0.15, 0.2) is 0 Å². The summed E-state index contributed by atoms with van der Waals surface area (Å²) in [5.41, 5.74) is -1.19. The first-order chi connectivity index (χ1) is 12.6. The van der Waals surface area contributed by atoms with Gasteiger partial charge in [0.2, 0.25) is 5.95 Å². The molecule has 2 unspecified atom stereocenters. The van der Waals surface area contributed by atoms with E-state index in [-0.39, 0.29) is 48.5 Å². The number of aliphatic carboxylic acids is 1. The van der Waals surface area contributed by atoms with Gasteiger partial charge in [0.15, 0.2) is 11.5 Å². The number of aliphatic hydroxyl groups is 1. The number of carboxylic acid groups (broad SMARTS) is 1. The molecule has 0 amide bonds. The molecule has 7 nitrogen and oxygen atoms in total. The van der Waals surface area contributed by atoms with Crippen LogP contribution in [0, 0.1) is 17.8 Å². The lowest BCUT2D eigenvalue weighted by Gasteiger charge is -2.43. The van der Waals surface area contributed by atoms with Crippen molar-refractivity contribution in [1.29, 1.82) is 0 Å². The smallest absolute Gasteiger partial charge is 0.435 e. The molecule has 3 fully saturated rings. The average molecular weight is 407 g/mol. The number of aliphatic hydroxyl groups excluding tert-OH is 1. The summed E-state index contributed by atoms with van der Waals surface area (Å²) in [4.78, 5) is 21.9. The molecule has 0 radical (unpaired) electrons. The lowest BCUT2D eigenvalue weighted by Crippen LogP contribution is -2.59. The van der Waals surface area contributed by atoms with E-state index in [9.17, 15) is 23.1 Å². The lowest BCUT2D eigenvalue weighted by atomic mass is 10.0. The minimum Gasteiger partial charge on any atom is -0.481 e. The molecule has 0 spiro atoms. The number of hydrogen-bond donors (Lipinski definition) is 2. The molecule has 27 heavy (non-hydrogen) atoms. The van der Waals surface area contributed by atoms with Gasteiger partial charge in [-0.3, -0.25) is 4.79 Å². The highest BCUT2D eigenvalue weighted by Crippen LogP contribution is 2.55. The highest BCUT2D eigenvalue weighted by molar-refractivity contribution is 6.33. The van der Waals surface area contributed by atoms with E-state index >= 15 is 0 Å². The summed E-state index contributed by atoms with van der Waals surface area (Å²) in [7, 11) is 0. The van der Waals surface area contributed by atoms with Crippen molar-refractivity contribution in [3.05, 3.63) is 10.7 Å². The first kappa shape index (κ1) is 18.5. The number of carbonyl (C=O) groups is 1. The molecule has 3 heterocycles. The Bertz CT molecular complexity index is 781. The predicted molar refractivity (Wildman–Crippen MR) is 89.8 cm³/mol. The van der Waals surface area contributed by atoms with Gasteiger partial charge in [0.05, 0.1) is 12.1 Å². The van der Waals surface area contributed by atoms with Gasteiger partial charge in [0.1, 0.15) is 5.02 Å². The Morgan fingerprint density at radius 2 is 1.89 bits per heavy atom. The second kappa shape index (κ2) is 6.10. The summed E-state index contributed by atoms with van der Waals surface area (Å²) in [6.07, 6.45) is -5.30. The molecule has 1 aromatic rings. The number of carboxylic acids is 1. The minimum absolute atomic E-state index is 0.0175. The van der Waals surface area contributed by atoms with Crippen LogP contribution < -0.4 is 9.80 Å². The number of β-amino-alcohol motifs (C(OH)–C–C–N with tert-alkyl or cyclic N) is 1. The van der Waals surface area contributed by atoms with Gasteiger partial charge >= 0.3 is 12.1 Å². The van der Waals surface area contributed by atoms with Crippen LogP contribution in [-0.4, -0.2) is 57.9 Å². The van der Waals surface area contributed by atoms with E-state index in [0.29, 0.717) is 13.1 Å². The van der Waals surface area contributed by atoms with Gasteiger partial charge in [0, 0.05) is 26.1 Å². The topological polar surface area (TPSA) is 89.8 Å². The summed E-state index contributed by atoms with van der Waals surface area (Å²) in [5.74, 6) is -0.630.